The topological polar surface area (TPSA) is 76.9 Å². The normalized spacial score (nSPS) is 11.0. The molecule has 0 unspecified atom stereocenters. The Morgan fingerprint density at radius 1 is 0.939 bits per heavy atom. The zero-order chi connectivity index (χ0) is 22.9. The van der Waals surface area contributed by atoms with Crippen LogP contribution in [0.15, 0.2) is 83.0 Å². The Bertz CT molecular complexity index is 1550. The van der Waals surface area contributed by atoms with Gasteiger partial charge in [0.1, 0.15) is 5.82 Å². The van der Waals surface area contributed by atoms with Gasteiger partial charge in [-0.2, -0.15) is 0 Å². The molecule has 0 spiro atoms. The number of para-hydroxylation sites is 1. The maximum atomic E-state index is 13.0. The number of nitrogens with zero attached hydrogens (tertiary/aromatic N) is 3. The molecule has 3 aromatic carbocycles. The predicted molar refractivity (Wildman–Crippen MR) is 132 cm³/mol. The van der Waals surface area contributed by atoms with Crippen molar-refractivity contribution in [2.45, 2.75) is 13.8 Å². The third-order valence-electron chi connectivity index (χ3n) is 5.37. The summed E-state index contributed by atoms with van der Waals surface area (Å²) in [6, 6.07) is 21.8. The highest BCUT2D eigenvalue weighted by atomic mass is 32.1. The molecule has 1 N–H and O–H groups in total. The molecule has 5 rings (SSSR count). The number of nitrogens with one attached hydrogen (secondary N) is 1. The van der Waals surface area contributed by atoms with Crippen molar-refractivity contribution < 1.29 is 4.79 Å². The van der Waals surface area contributed by atoms with E-state index in [-0.39, 0.29) is 11.5 Å². The van der Waals surface area contributed by atoms with E-state index in [1.54, 1.807) is 53.2 Å². The van der Waals surface area contributed by atoms with Crippen molar-refractivity contribution in [2.24, 2.45) is 0 Å². The minimum Gasteiger partial charge on any atom is -0.322 e. The Morgan fingerprint density at radius 3 is 2.48 bits per heavy atom. The SMILES string of the molecule is Cc1nc(-c2cccc(NC(=O)c3ccc(-n4c(C)nc5ccccc5c4=O)cc3)c2)cs1. The lowest BCUT2D eigenvalue weighted by atomic mass is 10.1. The van der Waals surface area contributed by atoms with Gasteiger partial charge in [0.25, 0.3) is 11.5 Å². The van der Waals surface area contributed by atoms with Crippen molar-refractivity contribution in [3.05, 3.63) is 105 Å². The number of carbonyl (C=O) groups excluding carboxylic acids is 1. The van der Waals surface area contributed by atoms with E-state index in [2.05, 4.69) is 15.3 Å². The number of carbonyl (C=O) groups is 1. The summed E-state index contributed by atoms with van der Waals surface area (Å²) in [5.41, 5.74) is 4.22. The quantitative estimate of drug-likeness (QED) is 0.397. The van der Waals surface area contributed by atoms with Gasteiger partial charge < -0.3 is 5.32 Å². The van der Waals surface area contributed by atoms with Gasteiger partial charge in [-0.3, -0.25) is 14.2 Å². The molecular formula is C26H20N4O2S. The third kappa shape index (κ3) is 4.06. The number of hydrogen-bond acceptors (Lipinski definition) is 5. The number of benzene rings is 3. The van der Waals surface area contributed by atoms with Crippen LogP contribution in [0, 0.1) is 13.8 Å². The first-order valence-electron chi connectivity index (χ1n) is 10.4. The predicted octanol–water partition coefficient (Wildman–Crippen LogP) is 5.38. The third-order valence-corrected chi connectivity index (χ3v) is 6.14. The summed E-state index contributed by atoms with van der Waals surface area (Å²) in [5, 5.41) is 6.49. The Balaban J connectivity index is 1.40. The van der Waals surface area contributed by atoms with E-state index in [4.69, 9.17) is 0 Å². The van der Waals surface area contributed by atoms with Crippen molar-refractivity contribution in [3.8, 4) is 16.9 Å². The number of thiazole rings is 1. The number of aryl methyl sites for hydroxylation is 2. The molecule has 1 amide bonds. The van der Waals surface area contributed by atoms with Crippen LogP contribution in [0.2, 0.25) is 0 Å². The molecule has 7 heteroatoms. The summed E-state index contributed by atoms with van der Waals surface area (Å²) < 4.78 is 1.56. The summed E-state index contributed by atoms with van der Waals surface area (Å²) in [6.07, 6.45) is 0. The minimum absolute atomic E-state index is 0.135. The van der Waals surface area contributed by atoms with Crippen molar-refractivity contribution in [1.82, 2.24) is 14.5 Å². The highest BCUT2D eigenvalue weighted by Crippen LogP contribution is 2.24. The van der Waals surface area contributed by atoms with Crippen LogP contribution in [0.5, 0.6) is 0 Å². The molecule has 2 aromatic heterocycles. The van der Waals surface area contributed by atoms with E-state index < -0.39 is 0 Å². The highest BCUT2D eigenvalue weighted by molar-refractivity contribution is 7.09. The van der Waals surface area contributed by atoms with Crippen molar-refractivity contribution in [2.75, 3.05) is 5.32 Å². The molecule has 0 fully saturated rings. The van der Waals surface area contributed by atoms with E-state index in [9.17, 15) is 9.59 Å². The molecule has 0 saturated heterocycles. The second kappa shape index (κ2) is 8.44. The minimum atomic E-state index is -0.228. The van der Waals surface area contributed by atoms with Crippen LogP contribution in [-0.2, 0) is 0 Å². The van der Waals surface area contributed by atoms with E-state index in [0.717, 1.165) is 16.3 Å². The van der Waals surface area contributed by atoms with E-state index in [1.165, 1.54) is 0 Å². The summed E-state index contributed by atoms with van der Waals surface area (Å²) >= 11 is 1.59. The summed E-state index contributed by atoms with van der Waals surface area (Å²) in [4.78, 5) is 34.9. The second-order valence-corrected chi connectivity index (χ2v) is 8.71. The van der Waals surface area contributed by atoms with Gasteiger partial charge in [-0.1, -0.05) is 24.3 Å². The number of hydrogen-bond donors (Lipinski definition) is 1. The van der Waals surface area contributed by atoms with Crippen LogP contribution in [0.4, 0.5) is 5.69 Å². The molecule has 0 aliphatic carbocycles. The molecule has 33 heavy (non-hydrogen) atoms. The van der Waals surface area contributed by atoms with Crippen LogP contribution in [0.1, 0.15) is 21.2 Å². The molecular weight excluding hydrogens is 432 g/mol. The zero-order valence-electron chi connectivity index (χ0n) is 18.1. The number of anilines is 1. The molecule has 0 aliphatic rings. The fourth-order valence-corrected chi connectivity index (χ4v) is 4.39. The van der Waals surface area contributed by atoms with Gasteiger partial charge in [0, 0.05) is 22.2 Å². The number of rotatable bonds is 4. The monoisotopic (exact) mass is 452 g/mol. The van der Waals surface area contributed by atoms with Crippen LogP contribution in [0.3, 0.4) is 0 Å². The van der Waals surface area contributed by atoms with Crippen LogP contribution < -0.4 is 10.9 Å². The van der Waals surface area contributed by atoms with Crippen LogP contribution in [0.25, 0.3) is 27.8 Å². The smallest absolute Gasteiger partial charge is 0.265 e. The van der Waals surface area contributed by atoms with Crippen LogP contribution >= 0.6 is 11.3 Å². The Morgan fingerprint density at radius 2 is 1.73 bits per heavy atom. The fourth-order valence-electron chi connectivity index (χ4n) is 3.77. The molecule has 0 aliphatic heterocycles. The van der Waals surface area contributed by atoms with Gasteiger partial charge in [0.05, 0.1) is 27.3 Å². The lowest BCUT2D eigenvalue weighted by Crippen LogP contribution is -2.22. The molecule has 0 radical (unpaired) electrons. The molecule has 0 atom stereocenters. The Kier molecular flexibility index (Phi) is 5.32. The molecule has 6 nitrogen and oxygen atoms in total. The summed E-state index contributed by atoms with van der Waals surface area (Å²) in [5.74, 6) is 0.360. The molecule has 5 aromatic rings. The summed E-state index contributed by atoms with van der Waals surface area (Å²) in [6.45, 7) is 3.76. The van der Waals surface area contributed by atoms with Crippen molar-refractivity contribution in [1.29, 1.82) is 0 Å². The maximum absolute atomic E-state index is 13.0. The van der Waals surface area contributed by atoms with Gasteiger partial charge in [0.15, 0.2) is 0 Å². The Hall–Kier alpha value is -4.10. The Labute approximate surface area is 194 Å². The zero-order valence-corrected chi connectivity index (χ0v) is 18.9. The lowest BCUT2D eigenvalue weighted by Gasteiger charge is -2.12. The highest BCUT2D eigenvalue weighted by Gasteiger charge is 2.12. The van der Waals surface area contributed by atoms with Gasteiger partial charge in [-0.25, -0.2) is 9.97 Å². The molecule has 162 valence electrons. The molecule has 0 saturated carbocycles. The van der Waals surface area contributed by atoms with Gasteiger partial charge in [-0.15, -0.1) is 11.3 Å². The average molecular weight is 453 g/mol. The van der Waals surface area contributed by atoms with E-state index >= 15 is 0 Å². The second-order valence-electron chi connectivity index (χ2n) is 7.65. The first-order chi connectivity index (χ1) is 16.0. The molecule has 0 bridgehead atoms. The first-order valence-corrected chi connectivity index (χ1v) is 11.3. The van der Waals surface area contributed by atoms with Crippen molar-refractivity contribution in [3.63, 3.8) is 0 Å². The van der Waals surface area contributed by atoms with Gasteiger partial charge >= 0.3 is 0 Å². The van der Waals surface area contributed by atoms with E-state index in [1.807, 2.05) is 54.8 Å². The van der Waals surface area contributed by atoms with E-state index in [0.29, 0.717) is 33.7 Å². The molecule has 2 heterocycles. The van der Waals surface area contributed by atoms with Gasteiger partial charge in [0.2, 0.25) is 0 Å². The van der Waals surface area contributed by atoms with Gasteiger partial charge in [-0.05, 0) is 62.4 Å². The first kappa shape index (κ1) is 20.8. The maximum Gasteiger partial charge on any atom is 0.265 e. The lowest BCUT2D eigenvalue weighted by molar-refractivity contribution is 0.102. The van der Waals surface area contributed by atoms with Crippen LogP contribution in [-0.4, -0.2) is 20.4 Å². The number of amides is 1. The average Bonchev–Trinajstić information content (AvgIpc) is 3.26. The fraction of sp³-hybridized carbons (Fsp3) is 0.0769. The standard InChI is InChI=1S/C26H20N4O2S/c1-16-27-23-9-4-3-8-22(23)26(32)30(16)21-12-10-18(11-13-21)25(31)29-20-7-5-6-19(14-20)24-15-33-17(2)28-24/h3-15H,1-2H3,(H,29,31). The summed E-state index contributed by atoms with van der Waals surface area (Å²) in [7, 11) is 0. The number of aromatic nitrogens is 3. The number of fused-ring (bicyclic) bond motifs is 1. The largest absolute Gasteiger partial charge is 0.322 e. The van der Waals surface area contributed by atoms with Crippen molar-refractivity contribution >= 4 is 33.8 Å².